The Hall–Kier alpha value is -2.91. The van der Waals surface area contributed by atoms with E-state index in [2.05, 4.69) is 5.16 Å². The van der Waals surface area contributed by atoms with Crippen molar-refractivity contribution in [2.75, 3.05) is 39.4 Å². The van der Waals surface area contributed by atoms with Crippen LogP contribution in [0.4, 0.5) is 0 Å². The molecule has 10 heteroatoms. The third kappa shape index (κ3) is 6.44. The van der Waals surface area contributed by atoms with Gasteiger partial charge in [-0.05, 0) is 44.7 Å². The molecule has 3 heterocycles. The fraction of sp³-hybridized carbons (Fsp3) is 0.538. The molecule has 4 rings (SSSR count). The van der Waals surface area contributed by atoms with Gasteiger partial charge in [-0.3, -0.25) is 14.4 Å². The number of likely N-dealkylation sites (tertiary alicyclic amines) is 1. The zero-order chi connectivity index (χ0) is 25.5. The van der Waals surface area contributed by atoms with Crippen LogP contribution in [0.2, 0.25) is 5.02 Å². The number of carbonyl (C=O) groups is 3. The van der Waals surface area contributed by atoms with E-state index in [0.29, 0.717) is 55.6 Å². The van der Waals surface area contributed by atoms with Gasteiger partial charge in [0.2, 0.25) is 5.91 Å². The normalized spacial score (nSPS) is 19.8. The van der Waals surface area contributed by atoms with E-state index in [-0.39, 0.29) is 48.5 Å². The standard InChI is InChI=1S/C26H32ClN3O6/c1-2-34-26(33)18-7-5-12-29(16-18)24(31)11-13-30(17-19-8-6-14-35-19)25(32)22-15-23(36-28-22)20-9-3-4-10-21(20)27/h3-4,9-10,15,18-19H,2,5-8,11-14,16-17H2,1H3/t18-,19-/m1/s1. The zero-order valence-electron chi connectivity index (χ0n) is 20.5. The van der Waals surface area contributed by atoms with E-state index in [9.17, 15) is 14.4 Å². The van der Waals surface area contributed by atoms with Crippen LogP contribution in [0.5, 0.6) is 0 Å². The first-order valence-corrected chi connectivity index (χ1v) is 12.9. The Balaban J connectivity index is 1.42. The molecular weight excluding hydrogens is 486 g/mol. The molecule has 1 aromatic carbocycles. The predicted molar refractivity (Wildman–Crippen MR) is 132 cm³/mol. The Bertz CT molecular complexity index is 1070. The number of ether oxygens (including phenoxy) is 2. The summed E-state index contributed by atoms with van der Waals surface area (Å²) < 4.78 is 16.3. The van der Waals surface area contributed by atoms with Gasteiger partial charge in [-0.25, -0.2) is 0 Å². The molecule has 2 amide bonds. The van der Waals surface area contributed by atoms with Gasteiger partial charge in [0.05, 0.1) is 23.7 Å². The first-order chi connectivity index (χ1) is 17.5. The number of hydrogen-bond donors (Lipinski definition) is 0. The molecule has 194 valence electrons. The maximum atomic E-state index is 13.4. The lowest BCUT2D eigenvalue weighted by Crippen LogP contribution is -2.45. The number of carbonyl (C=O) groups excluding carboxylic acids is 3. The van der Waals surface area contributed by atoms with Crippen molar-refractivity contribution in [1.29, 1.82) is 0 Å². The van der Waals surface area contributed by atoms with Crippen LogP contribution in [0, 0.1) is 5.92 Å². The van der Waals surface area contributed by atoms with E-state index in [1.165, 1.54) is 0 Å². The number of rotatable bonds is 9. The second-order valence-electron chi connectivity index (χ2n) is 9.12. The Morgan fingerprint density at radius 2 is 2.06 bits per heavy atom. The number of benzene rings is 1. The van der Waals surface area contributed by atoms with E-state index in [1.807, 2.05) is 12.1 Å². The lowest BCUT2D eigenvalue weighted by Gasteiger charge is -2.32. The fourth-order valence-corrected chi connectivity index (χ4v) is 4.91. The summed E-state index contributed by atoms with van der Waals surface area (Å²) in [6, 6.07) is 8.74. The lowest BCUT2D eigenvalue weighted by molar-refractivity contribution is -0.151. The lowest BCUT2D eigenvalue weighted by atomic mass is 9.98. The van der Waals surface area contributed by atoms with Crippen LogP contribution in [0.1, 0.15) is 49.5 Å². The first-order valence-electron chi connectivity index (χ1n) is 12.5. The molecule has 36 heavy (non-hydrogen) atoms. The number of amides is 2. The molecule has 9 nitrogen and oxygen atoms in total. The van der Waals surface area contributed by atoms with Crippen LogP contribution in [0.25, 0.3) is 11.3 Å². The number of nitrogens with zero attached hydrogens (tertiary/aromatic N) is 3. The SMILES string of the molecule is CCOC(=O)[C@@H]1CCCN(C(=O)CCN(C[C@H]2CCCO2)C(=O)c2cc(-c3ccccc3Cl)on2)C1. The summed E-state index contributed by atoms with van der Waals surface area (Å²) in [7, 11) is 0. The van der Waals surface area contributed by atoms with Crippen molar-refractivity contribution in [3.63, 3.8) is 0 Å². The third-order valence-corrected chi connectivity index (χ3v) is 6.92. The molecule has 0 aliphatic carbocycles. The van der Waals surface area contributed by atoms with Crippen molar-refractivity contribution in [1.82, 2.24) is 15.0 Å². The molecule has 2 aliphatic rings. The summed E-state index contributed by atoms with van der Waals surface area (Å²) in [6.45, 7) is 4.29. The number of hydrogen-bond acceptors (Lipinski definition) is 7. The number of esters is 1. The molecule has 0 N–H and O–H groups in total. The summed E-state index contributed by atoms with van der Waals surface area (Å²) in [5, 5.41) is 4.48. The van der Waals surface area contributed by atoms with Crippen molar-refractivity contribution in [3.8, 4) is 11.3 Å². The largest absolute Gasteiger partial charge is 0.466 e. The van der Waals surface area contributed by atoms with Crippen LogP contribution in [-0.4, -0.2) is 78.2 Å². The van der Waals surface area contributed by atoms with Gasteiger partial charge in [-0.2, -0.15) is 0 Å². The molecule has 0 bridgehead atoms. The van der Waals surface area contributed by atoms with Crippen LogP contribution in [-0.2, 0) is 19.1 Å². The van der Waals surface area contributed by atoms with Crippen molar-refractivity contribution >= 4 is 29.4 Å². The highest BCUT2D eigenvalue weighted by Crippen LogP contribution is 2.28. The number of halogens is 1. The smallest absolute Gasteiger partial charge is 0.310 e. The van der Waals surface area contributed by atoms with Crippen LogP contribution < -0.4 is 0 Å². The molecule has 0 unspecified atom stereocenters. The number of aromatic nitrogens is 1. The molecule has 2 aliphatic heterocycles. The molecule has 0 saturated carbocycles. The molecule has 0 spiro atoms. The zero-order valence-corrected chi connectivity index (χ0v) is 21.2. The van der Waals surface area contributed by atoms with Gasteiger partial charge < -0.3 is 23.8 Å². The summed E-state index contributed by atoms with van der Waals surface area (Å²) >= 11 is 6.26. The Kier molecular flexibility index (Phi) is 8.98. The second-order valence-corrected chi connectivity index (χ2v) is 9.53. The number of piperidine rings is 1. The van der Waals surface area contributed by atoms with Gasteiger partial charge >= 0.3 is 5.97 Å². The first kappa shape index (κ1) is 26.2. The van der Waals surface area contributed by atoms with Gasteiger partial charge in [-0.15, -0.1) is 0 Å². The maximum absolute atomic E-state index is 13.4. The maximum Gasteiger partial charge on any atom is 0.310 e. The van der Waals surface area contributed by atoms with Crippen LogP contribution in [0.3, 0.4) is 0 Å². The van der Waals surface area contributed by atoms with Crippen molar-refractivity contribution in [3.05, 3.63) is 41.0 Å². The summed E-state index contributed by atoms with van der Waals surface area (Å²) in [4.78, 5) is 41.9. The van der Waals surface area contributed by atoms with Gasteiger partial charge in [0.1, 0.15) is 0 Å². The van der Waals surface area contributed by atoms with Crippen molar-refractivity contribution < 1.29 is 28.4 Å². The van der Waals surface area contributed by atoms with Crippen LogP contribution >= 0.6 is 11.6 Å². The third-order valence-electron chi connectivity index (χ3n) is 6.59. The quantitative estimate of drug-likeness (QED) is 0.466. The van der Waals surface area contributed by atoms with E-state index in [0.717, 1.165) is 19.3 Å². The Morgan fingerprint density at radius 3 is 2.81 bits per heavy atom. The topological polar surface area (TPSA) is 102 Å². The minimum Gasteiger partial charge on any atom is -0.466 e. The van der Waals surface area contributed by atoms with E-state index >= 15 is 0 Å². The monoisotopic (exact) mass is 517 g/mol. The van der Waals surface area contributed by atoms with E-state index in [4.69, 9.17) is 25.6 Å². The summed E-state index contributed by atoms with van der Waals surface area (Å²) in [5.41, 5.74) is 0.795. The summed E-state index contributed by atoms with van der Waals surface area (Å²) in [6.07, 6.45) is 3.32. The second kappa shape index (κ2) is 12.4. The fourth-order valence-electron chi connectivity index (χ4n) is 4.68. The molecule has 2 atom stereocenters. The van der Waals surface area contributed by atoms with Gasteiger partial charge in [-0.1, -0.05) is 28.9 Å². The molecule has 2 fully saturated rings. The van der Waals surface area contributed by atoms with E-state index in [1.54, 1.807) is 34.9 Å². The van der Waals surface area contributed by atoms with Crippen molar-refractivity contribution in [2.24, 2.45) is 5.92 Å². The van der Waals surface area contributed by atoms with Gasteiger partial charge in [0.15, 0.2) is 11.5 Å². The minimum atomic E-state index is -0.330. The Morgan fingerprint density at radius 1 is 1.22 bits per heavy atom. The van der Waals surface area contributed by atoms with Gasteiger partial charge in [0, 0.05) is 50.8 Å². The minimum absolute atomic E-state index is 0.0813. The van der Waals surface area contributed by atoms with Crippen molar-refractivity contribution in [2.45, 2.75) is 45.1 Å². The molecular formula is C26H32ClN3O6. The summed E-state index contributed by atoms with van der Waals surface area (Å²) in [5.74, 6) is -0.582. The highest BCUT2D eigenvalue weighted by molar-refractivity contribution is 6.33. The highest BCUT2D eigenvalue weighted by atomic mass is 35.5. The highest BCUT2D eigenvalue weighted by Gasteiger charge is 2.31. The predicted octanol–water partition coefficient (Wildman–Crippen LogP) is 3.81. The average molecular weight is 518 g/mol. The van der Waals surface area contributed by atoms with Crippen LogP contribution in [0.15, 0.2) is 34.9 Å². The molecule has 1 aromatic heterocycles. The van der Waals surface area contributed by atoms with Gasteiger partial charge in [0.25, 0.3) is 5.91 Å². The molecule has 2 saturated heterocycles. The average Bonchev–Trinajstić information content (AvgIpc) is 3.59. The Labute approximate surface area is 215 Å². The molecule has 2 aromatic rings. The molecule has 0 radical (unpaired) electrons. The van der Waals surface area contributed by atoms with E-state index < -0.39 is 0 Å².